The number of rotatable bonds is 4. The lowest BCUT2D eigenvalue weighted by Crippen LogP contribution is -2.53. The quantitative estimate of drug-likeness (QED) is 0.434. The maximum Gasteiger partial charge on any atom is 0.291 e. The first-order valence-corrected chi connectivity index (χ1v) is 11.5. The monoisotopic (exact) mass is 484 g/mol. The van der Waals surface area contributed by atoms with Gasteiger partial charge in [0.15, 0.2) is 11.0 Å². The molecule has 0 saturated carbocycles. The average Bonchev–Trinajstić information content (AvgIpc) is 3.29. The molecular formula is C28H21FN2O5. The fourth-order valence-corrected chi connectivity index (χ4v) is 5.41. The van der Waals surface area contributed by atoms with Gasteiger partial charge in [0.2, 0.25) is 5.76 Å². The molecule has 4 aromatic rings. The fraction of sp³-hybridized carbons (Fsp3) is 0.179. The molecule has 2 amide bonds. The highest BCUT2D eigenvalue weighted by Crippen LogP contribution is 2.52. The molecule has 0 N–H and O–H groups in total. The SMILES string of the molecule is CCN1C(=O)C2(c3ccccc31)c1c(oc3ccc(F)cc3c1=O)C(=O)N2Cc1ccc(OC)cc1. The predicted octanol–water partition coefficient (Wildman–Crippen LogP) is 4.21. The second-order valence-electron chi connectivity index (χ2n) is 8.79. The van der Waals surface area contributed by atoms with E-state index in [1.807, 2.05) is 6.92 Å². The maximum atomic E-state index is 14.2. The molecule has 6 rings (SSSR count). The average molecular weight is 484 g/mol. The zero-order valence-corrected chi connectivity index (χ0v) is 19.6. The molecule has 0 fully saturated rings. The van der Waals surface area contributed by atoms with Crippen molar-refractivity contribution in [2.45, 2.75) is 19.0 Å². The number of para-hydroxylation sites is 1. The Labute approximate surface area is 205 Å². The van der Waals surface area contributed by atoms with E-state index in [0.717, 1.165) is 17.7 Å². The second kappa shape index (κ2) is 7.78. The number of methoxy groups -OCH3 is 1. The van der Waals surface area contributed by atoms with E-state index >= 15 is 0 Å². The summed E-state index contributed by atoms with van der Waals surface area (Å²) in [6.45, 7) is 2.21. The van der Waals surface area contributed by atoms with Crippen LogP contribution in [0.1, 0.15) is 34.2 Å². The Morgan fingerprint density at radius 3 is 2.47 bits per heavy atom. The van der Waals surface area contributed by atoms with Crippen LogP contribution in [0.3, 0.4) is 0 Å². The lowest BCUT2D eigenvalue weighted by atomic mass is 9.83. The fourth-order valence-electron chi connectivity index (χ4n) is 5.41. The third-order valence-electron chi connectivity index (χ3n) is 7.01. The number of benzene rings is 3. The Balaban J connectivity index is 1.67. The van der Waals surface area contributed by atoms with Gasteiger partial charge >= 0.3 is 0 Å². The molecule has 1 atom stereocenters. The summed E-state index contributed by atoms with van der Waals surface area (Å²) in [6.07, 6.45) is 0. The molecule has 3 heterocycles. The van der Waals surface area contributed by atoms with Gasteiger partial charge in [-0.2, -0.15) is 0 Å². The first kappa shape index (κ1) is 22.0. The molecule has 36 heavy (non-hydrogen) atoms. The molecular weight excluding hydrogens is 463 g/mol. The van der Waals surface area contributed by atoms with Crippen LogP contribution in [-0.2, 0) is 16.9 Å². The van der Waals surface area contributed by atoms with E-state index in [4.69, 9.17) is 9.15 Å². The molecule has 0 radical (unpaired) electrons. The number of hydrogen-bond donors (Lipinski definition) is 0. The van der Waals surface area contributed by atoms with Gasteiger partial charge in [-0.3, -0.25) is 14.4 Å². The maximum absolute atomic E-state index is 14.2. The molecule has 1 aromatic heterocycles. The summed E-state index contributed by atoms with van der Waals surface area (Å²) in [5.74, 6) is -1.17. The van der Waals surface area contributed by atoms with E-state index in [-0.39, 0.29) is 28.8 Å². The highest BCUT2D eigenvalue weighted by atomic mass is 19.1. The van der Waals surface area contributed by atoms with Gasteiger partial charge in [-0.25, -0.2) is 4.39 Å². The minimum Gasteiger partial charge on any atom is -0.497 e. The third kappa shape index (κ3) is 2.75. The van der Waals surface area contributed by atoms with Crippen LogP contribution in [0.5, 0.6) is 5.75 Å². The lowest BCUT2D eigenvalue weighted by molar-refractivity contribution is -0.126. The smallest absolute Gasteiger partial charge is 0.291 e. The molecule has 2 aliphatic rings. The molecule has 0 bridgehead atoms. The van der Waals surface area contributed by atoms with Crippen molar-refractivity contribution >= 4 is 28.5 Å². The number of nitrogens with zero attached hydrogens (tertiary/aromatic N) is 2. The van der Waals surface area contributed by atoms with Gasteiger partial charge in [-0.1, -0.05) is 30.3 Å². The van der Waals surface area contributed by atoms with Crippen molar-refractivity contribution in [1.82, 2.24) is 4.90 Å². The number of carbonyl (C=O) groups is 2. The van der Waals surface area contributed by atoms with Crippen LogP contribution in [0.4, 0.5) is 10.1 Å². The van der Waals surface area contributed by atoms with Crippen LogP contribution in [0, 0.1) is 5.82 Å². The van der Waals surface area contributed by atoms with Crippen molar-refractivity contribution < 1.29 is 23.1 Å². The number of hydrogen-bond acceptors (Lipinski definition) is 5. The van der Waals surface area contributed by atoms with Crippen LogP contribution in [0.25, 0.3) is 11.0 Å². The number of likely N-dealkylation sites (N-methyl/N-ethyl adjacent to an activating group) is 1. The van der Waals surface area contributed by atoms with Crippen LogP contribution >= 0.6 is 0 Å². The van der Waals surface area contributed by atoms with E-state index in [1.165, 1.54) is 11.0 Å². The van der Waals surface area contributed by atoms with E-state index in [0.29, 0.717) is 23.5 Å². The Kier molecular flexibility index (Phi) is 4.76. The zero-order valence-electron chi connectivity index (χ0n) is 19.6. The molecule has 1 unspecified atom stereocenters. The molecule has 180 valence electrons. The molecule has 3 aromatic carbocycles. The summed E-state index contributed by atoms with van der Waals surface area (Å²) in [7, 11) is 1.56. The standard InChI is InChI=1S/C28H21FN2O5/c1-3-30-21-7-5-4-6-20(21)28(27(30)34)23-24(32)19-14-17(29)10-13-22(19)36-25(23)26(33)31(28)15-16-8-11-18(35-2)12-9-16/h4-14H,3,15H2,1-2H3. The molecule has 1 spiro atoms. The van der Waals surface area contributed by atoms with Crippen LogP contribution in [-0.4, -0.2) is 30.4 Å². The van der Waals surface area contributed by atoms with Gasteiger partial charge in [0, 0.05) is 18.7 Å². The van der Waals surface area contributed by atoms with Gasteiger partial charge in [0.25, 0.3) is 11.8 Å². The molecule has 0 saturated heterocycles. The van der Waals surface area contributed by atoms with Crippen molar-refractivity contribution in [1.29, 1.82) is 0 Å². The van der Waals surface area contributed by atoms with Gasteiger partial charge in [-0.15, -0.1) is 0 Å². The van der Waals surface area contributed by atoms with Crippen LogP contribution < -0.4 is 15.1 Å². The normalized spacial score (nSPS) is 18.3. The largest absolute Gasteiger partial charge is 0.497 e. The summed E-state index contributed by atoms with van der Waals surface area (Å²) < 4.78 is 25.3. The van der Waals surface area contributed by atoms with E-state index in [9.17, 15) is 18.8 Å². The lowest BCUT2D eigenvalue weighted by Gasteiger charge is -2.34. The van der Waals surface area contributed by atoms with Crippen molar-refractivity contribution in [3.8, 4) is 5.75 Å². The van der Waals surface area contributed by atoms with Gasteiger partial charge in [0.1, 0.15) is 17.1 Å². The Bertz CT molecular complexity index is 1630. The van der Waals surface area contributed by atoms with Crippen LogP contribution in [0.15, 0.2) is 75.9 Å². The summed E-state index contributed by atoms with van der Waals surface area (Å²) in [5.41, 5.74) is -0.463. The molecule has 2 aliphatic heterocycles. The minimum absolute atomic E-state index is 0.0209. The van der Waals surface area contributed by atoms with Crippen molar-refractivity contribution in [3.05, 3.63) is 105 Å². The second-order valence-corrected chi connectivity index (χ2v) is 8.79. The minimum atomic E-state index is -1.74. The van der Waals surface area contributed by atoms with Crippen molar-refractivity contribution in [2.24, 2.45) is 0 Å². The topological polar surface area (TPSA) is 80.1 Å². The van der Waals surface area contributed by atoms with Gasteiger partial charge in [0.05, 0.1) is 23.7 Å². The van der Waals surface area contributed by atoms with E-state index in [2.05, 4.69) is 0 Å². The molecule has 0 aliphatic carbocycles. The van der Waals surface area contributed by atoms with Crippen LogP contribution in [0.2, 0.25) is 0 Å². The third-order valence-corrected chi connectivity index (χ3v) is 7.01. The Morgan fingerprint density at radius 1 is 1.00 bits per heavy atom. The summed E-state index contributed by atoms with van der Waals surface area (Å²) in [5, 5.41) is -0.0209. The van der Waals surface area contributed by atoms with Crippen molar-refractivity contribution in [3.63, 3.8) is 0 Å². The number of anilines is 1. The zero-order chi connectivity index (χ0) is 25.2. The number of carbonyl (C=O) groups excluding carboxylic acids is 2. The highest BCUT2D eigenvalue weighted by molar-refractivity contribution is 6.17. The number of fused-ring (bicyclic) bond motifs is 5. The van der Waals surface area contributed by atoms with Gasteiger partial charge < -0.3 is 19.0 Å². The Hall–Kier alpha value is -4.46. The number of halogens is 1. The van der Waals surface area contributed by atoms with Crippen molar-refractivity contribution in [2.75, 3.05) is 18.6 Å². The first-order chi connectivity index (χ1) is 17.4. The van der Waals surface area contributed by atoms with Gasteiger partial charge in [-0.05, 0) is 48.9 Å². The summed E-state index contributed by atoms with van der Waals surface area (Å²) in [6, 6.07) is 17.8. The highest BCUT2D eigenvalue weighted by Gasteiger charge is 2.64. The summed E-state index contributed by atoms with van der Waals surface area (Å²) in [4.78, 5) is 45.0. The number of amides is 2. The van der Waals surface area contributed by atoms with E-state index in [1.54, 1.807) is 60.5 Å². The summed E-state index contributed by atoms with van der Waals surface area (Å²) >= 11 is 0. The van der Waals surface area contributed by atoms with E-state index < -0.39 is 28.6 Å². The Morgan fingerprint density at radius 2 is 1.75 bits per heavy atom. The molecule has 7 nitrogen and oxygen atoms in total. The first-order valence-electron chi connectivity index (χ1n) is 11.5. The predicted molar refractivity (Wildman–Crippen MR) is 131 cm³/mol. The molecule has 8 heteroatoms. The number of ether oxygens (including phenoxy) is 1.